The Morgan fingerprint density at radius 2 is 2.10 bits per heavy atom. The zero-order valence-electron chi connectivity index (χ0n) is 11.4. The number of urea groups is 1. The van der Waals surface area contributed by atoms with E-state index >= 15 is 0 Å². The van der Waals surface area contributed by atoms with Crippen LogP contribution in [0.4, 0.5) is 13.6 Å². The van der Waals surface area contributed by atoms with Crippen LogP contribution >= 0.6 is 11.8 Å². The van der Waals surface area contributed by atoms with Crippen molar-refractivity contribution in [1.82, 2.24) is 10.6 Å². The lowest BCUT2D eigenvalue weighted by atomic mass is 10.2. The fraction of sp³-hybridized carbons (Fsp3) is 0.385. The predicted molar refractivity (Wildman–Crippen MR) is 76.2 cm³/mol. The van der Waals surface area contributed by atoms with Crippen molar-refractivity contribution in [2.75, 3.05) is 12.0 Å². The zero-order valence-corrected chi connectivity index (χ0v) is 12.2. The van der Waals surface area contributed by atoms with Crippen molar-refractivity contribution < 1.29 is 23.5 Å². The molecule has 0 aromatic heterocycles. The third kappa shape index (κ3) is 5.99. The van der Waals surface area contributed by atoms with Crippen LogP contribution in [0.2, 0.25) is 0 Å². The van der Waals surface area contributed by atoms with Crippen LogP contribution in [0.25, 0.3) is 0 Å². The first-order valence-corrected chi connectivity index (χ1v) is 7.53. The topological polar surface area (TPSA) is 78.4 Å². The van der Waals surface area contributed by atoms with E-state index in [0.717, 1.165) is 18.2 Å². The Morgan fingerprint density at radius 3 is 2.71 bits per heavy atom. The SMILES string of the molecule is CSCC[C@H](NC(=O)NCc1cc(F)ccc1F)C(=O)O. The molecule has 116 valence electrons. The van der Waals surface area contributed by atoms with E-state index in [-0.39, 0.29) is 18.5 Å². The van der Waals surface area contributed by atoms with E-state index in [2.05, 4.69) is 10.6 Å². The van der Waals surface area contributed by atoms with Gasteiger partial charge in [0.05, 0.1) is 0 Å². The summed E-state index contributed by atoms with van der Waals surface area (Å²) in [6, 6.07) is 1.14. The fourth-order valence-corrected chi connectivity index (χ4v) is 2.03. The molecule has 1 atom stereocenters. The summed E-state index contributed by atoms with van der Waals surface area (Å²) in [6.07, 6.45) is 2.10. The Labute approximate surface area is 125 Å². The highest BCUT2D eigenvalue weighted by atomic mass is 32.2. The number of carboxylic acids is 1. The largest absolute Gasteiger partial charge is 0.480 e. The van der Waals surface area contributed by atoms with Gasteiger partial charge in [-0.1, -0.05) is 0 Å². The minimum absolute atomic E-state index is 0.0128. The highest BCUT2D eigenvalue weighted by molar-refractivity contribution is 7.98. The van der Waals surface area contributed by atoms with Crippen LogP contribution in [0.5, 0.6) is 0 Å². The van der Waals surface area contributed by atoms with Gasteiger partial charge in [0.2, 0.25) is 0 Å². The van der Waals surface area contributed by atoms with Crippen LogP contribution in [0.15, 0.2) is 18.2 Å². The van der Waals surface area contributed by atoms with Crippen LogP contribution in [-0.4, -0.2) is 35.2 Å². The van der Waals surface area contributed by atoms with Crippen LogP contribution < -0.4 is 10.6 Å². The monoisotopic (exact) mass is 318 g/mol. The normalized spacial score (nSPS) is 11.8. The first-order valence-electron chi connectivity index (χ1n) is 6.14. The molecule has 0 aliphatic carbocycles. The standard InChI is InChI=1S/C13H16F2N2O3S/c1-21-5-4-11(12(18)19)17-13(20)16-7-8-6-9(14)2-3-10(8)15/h2-3,6,11H,4-5,7H2,1H3,(H,18,19)(H2,16,17,20)/t11-/m0/s1. The van der Waals surface area contributed by atoms with Crippen molar-refractivity contribution in [2.45, 2.75) is 19.0 Å². The minimum Gasteiger partial charge on any atom is -0.480 e. The van der Waals surface area contributed by atoms with E-state index in [4.69, 9.17) is 5.11 Å². The number of rotatable bonds is 7. The molecule has 0 spiro atoms. The van der Waals surface area contributed by atoms with Crippen LogP contribution in [0.3, 0.4) is 0 Å². The Balaban J connectivity index is 2.52. The van der Waals surface area contributed by atoms with Crippen molar-refractivity contribution in [3.63, 3.8) is 0 Å². The van der Waals surface area contributed by atoms with Gasteiger partial charge < -0.3 is 15.7 Å². The molecular weight excluding hydrogens is 302 g/mol. The van der Waals surface area contributed by atoms with Gasteiger partial charge in [0.15, 0.2) is 0 Å². The molecule has 0 aliphatic rings. The lowest BCUT2D eigenvalue weighted by molar-refractivity contribution is -0.139. The third-order valence-electron chi connectivity index (χ3n) is 2.66. The lowest BCUT2D eigenvalue weighted by Gasteiger charge is -2.14. The van der Waals surface area contributed by atoms with Gasteiger partial charge in [-0.25, -0.2) is 18.4 Å². The third-order valence-corrected chi connectivity index (χ3v) is 3.31. The molecule has 0 radical (unpaired) electrons. The Hall–Kier alpha value is -1.83. The van der Waals surface area contributed by atoms with E-state index in [1.54, 1.807) is 0 Å². The maximum atomic E-state index is 13.3. The maximum absolute atomic E-state index is 13.3. The quantitative estimate of drug-likeness (QED) is 0.718. The molecule has 1 rings (SSSR count). The van der Waals surface area contributed by atoms with E-state index in [1.807, 2.05) is 6.26 Å². The number of thioether (sulfide) groups is 1. The predicted octanol–water partition coefficient (Wildman–Crippen LogP) is 1.97. The van der Waals surface area contributed by atoms with Gasteiger partial charge in [-0.05, 0) is 36.6 Å². The van der Waals surface area contributed by atoms with Gasteiger partial charge in [0, 0.05) is 12.1 Å². The van der Waals surface area contributed by atoms with E-state index in [0.29, 0.717) is 5.75 Å². The molecule has 2 amide bonds. The molecule has 0 saturated carbocycles. The van der Waals surface area contributed by atoms with Gasteiger partial charge in [0.1, 0.15) is 17.7 Å². The van der Waals surface area contributed by atoms with Crippen molar-refractivity contribution in [3.8, 4) is 0 Å². The molecule has 0 saturated heterocycles. The van der Waals surface area contributed by atoms with Crippen molar-refractivity contribution in [2.24, 2.45) is 0 Å². The smallest absolute Gasteiger partial charge is 0.326 e. The second-order valence-electron chi connectivity index (χ2n) is 4.24. The summed E-state index contributed by atoms with van der Waals surface area (Å²) >= 11 is 1.46. The molecule has 8 heteroatoms. The molecule has 0 fully saturated rings. The Kier molecular flexibility index (Phi) is 6.93. The molecule has 3 N–H and O–H groups in total. The van der Waals surface area contributed by atoms with Gasteiger partial charge >= 0.3 is 12.0 Å². The molecular formula is C13H16F2N2O3S. The van der Waals surface area contributed by atoms with Gasteiger partial charge in [-0.2, -0.15) is 11.8 Å². The maximum Gasteiger partial charge on any atom is 0.326 e. The van der Waals surface area contributed by atoms with Crippen molar-refractivity contribution >= 4 is 23.8 Å². The number of carboxylic acid groups (broad SMARTS) is 1. The zero-order chi connectivity index (χ0) is 15.8. The summed E-state index contributed by atoms with van der Waals surface area (Å²) in [4.78, 5) is 22.5. The van der Waals surface area contributed by atoms with Crippen LogP contribution in [0, 0.1) is 11.6 Å². The molecule has 1 aromatic carbocycles. The summed E-state index contributed by atoms with van der Waals surface area (Å²) in [7, 11) is 0. The number of benzene rings is 1. The summed E-state index contributed by atoms with van der Waals surface area (Å²) in [5.74, 6) is -1.82. The number of hydrogen-bond acceptors (Lipinski definition) is 3. The number of hydrogen-bond donors (Lipinski definition) is 3. The minimum atomic E-state index is -1.14. The van der Waals surface area contributed by atoms with Crippen molar-refractivity contribution in [3.05, 3.63) is 35.4 Å². The van der Waals surface area contributed by atoms with E-state index in [9.17, 15) is 18.4 Å². The number of aliphatic carboxylic acids is 1. The Morgan fingerprint density at radius 1 is 1.38 bits per heavy atom. The van der Waals surface area contributed by atoms with Gasteiger partial charge in [0.25, 0.3) is 0 Å². The van der Waals surface area contributed by atoms with Gasteiger partial charge in [-0.3, -0.25) is 0 Å². The summed E-state index contributed by atoms with van der Waals surface area (Å²) in [5.41, 5.74) is -0.0128. The summed E-state index contributed by atoms with van der Waals surface area (Å²) < 4.78 is 26.3. The van der Waals surface area contributed by atoms with Crippen LogP contribution in [-0.2, 0) is 11.3 Å². The molecule has 0 bridgehead atoms. The number of nitrogens with one attached hydrogen (secondary N) is 2. The first-order chi connectivity index (χ1) is 9.93. The second kappa shape index (κ2) is 8.46. The molecule has 1 aromatic rings. The Bertz CT molecular complexity index is 514. The number of carbonyl (C=O) groups is 2. The highest BCUT2D eigenvalue weighted by Gasteiger charge is 2.19. The summed E-state index contributed by atoms with van der Waals surface area (Å²) in [6.45, 7) is -0.232. The van der Waals surface area contributed by atoms with E-state index < -0.39 is 29.7 Å². The lowest BCUT2D eigenvalue weighted by Crippen LogP contribution is -2.46. The summed E-state index contributed by atoms with van der Waals surface area (Å²) in [5, 5.41) is 13.5. The average Bonchev–Trinajstić information content (AvgIpc) is 2.44. The van der Waals surface area contributed by atoms with Crippen molar-refractivity contribution in [1.29, 1.82) is 0 Å². The number of amides is 2. The first kappa shape index (κ1) is 17.2. The number of halogens is 2. The van der Waals surface area contributed by atoms with E-state index in [1.165, 1.54) is 11.8 Å². The second-order valence-corrected chi connectivity index (χ2v) is 5.22. The number of carbonyl (C=O) groups excluding carboxylic acids is 1. The van der Waals surface area contributed by atoms with Crippen LogP contribution in [0.1, 0.15) is 12.0 Å². The highest BCUT2D eigenvalue weighted by Crippen LogP contribution is 2.09. The fourth-order valence-electron chi connectivity index (χ4n) is 1.56. The molecule has 5 nitrogen and oxygen atoms in total. The molecule has 0 heterocycles. The molecule has 0 aliphatic heterocycles. The van der Waals surface area contributed by atoms with Gasteiger partial charge in [-0.15, -0.1) is 0 Å². The molecule has 21 heavy (non-hydrogen) atoms. The molecule has 0 unspecified atom stereocenters. The average molecular weight is 318 g/mol.